The van der Waals surface area contributed by atoms with Crippen LogP contribution in [0.5, 0.6) is 0 Å². The molecule has 0 saturated carbocycles. The molecule has 0 bridgehead atoms. The molecular weight excluding hydrogens is 301 g/mol. The maximum Gasteiger partial charge on any atom is 0.299 e. The number of anilines is 1. The molecule has 1 aromatic rings. The average Bonchev–Trinajstić information content (AvgIpc) is 2.70. The van der Waals surface area contributed by atoms with Crippen molar-refractivity contribution in [3.05, 3.63) is 28.5 Å². The van der Waals surface area contributed by atoms with Crippen molar-refractivity contribution in [3.63, 3.8) is 0 Å². The number of hydrogen-bond acceptors (Lipinski definition) is 4. The summed E-state index contributed by atoms with van der Waals surface area (Å²) in [6, 6.07) is 2.38. The van der Waals surface area contributed by atoms with Crippen molar-refractivity contribution in [3.8, 4) is 0 Å². The lowest BCUT2D eigenvalue weighted by Crippen LogP contribution is -2.39. The van der Waals surface area contributed by atoms with Crippen LogP contribution < -0.4 is 4.90 Å². The first-order valence-electron chi connectivity index (χ1n) is 6.58. The minimum atomic E-state index is -0.832. The van der Waals surface area contributed by atoms with Gasteiger partial charge in [-0.15, -0.1) is 0 Å². The molecule has 0 unspecified atom stereocenters. The zero-order chi connectivity index (χ0) is 15.6. The van der Waals surface area contributed by atoms with Crippen molar-refractivity contribution in [2.45, 2.75) is 20.1 Å². The Morgan fingerprint density at radius 2 is 1.86 bits per heavy atom. The van der Waals surface area contributed by atoms with E-state index in [1.54, 1.807) is 13.8 Å². The van der Waals surface area contributed by atoms with Crippen LogP contribution in [-0.4, -0.2) is 37.7 Å². The standard InChI is InChI=1S/C14H15ClFNO4/c1-3-20-10(21-4-2)7-17-12-9(16)6-5-8(15)11(12)13(18)14(17)19/h5-6,10H,3-4,7H2,1-2H3. The molecule has 0 N–H and O–H groups in total. The van der Waals surface area contributed by atoms with E-state index >= 15 is 0 Å². The molecule has 0 fully saturated rings. The summed E-state index contributed by atoms with van der Waals surface area (Å²) in [7, 11) is 0. The number of carbonyl (C=O) groups is 2. The SMILES string of the molecule is CCOC(CN1C(=O)C(=O)c2c(Cl)ccc(F)c21)OCC. The lowest BCUT2D eigenvalue weighted by atomic mass is 10.1. The van der Waals surface area contributed by atoms with Gasteiger partial charge in [-0.05, 0) is 26.0 Å². The fraction of sp³-hybridized carbons (Fsp3) is 0.429. The monoisotopic (exact) mass is 315 g/mol. The molecule has 1 aliphatic heterocycles. The third-order valence-corrected chi connectivity index (χ3v) is 3.37. The highest BCUT2D eigenvalue weighted by Crippen LogP contribution is 2.36. The molecule has 2 rings (SSSR count). The quantitative estimate of drug-likeness (QED) is 0.597. The van der Waals surface area contributed by atoms with Crippen LogP contribution in [0.4, 0.5) is 10.1 Å². The number of Topliss-reactive ketones (excluding diaryl/α,β-unsaturated/α-hetero) is 1. The average molecular weight is 316 g/mol. The topological polar surface area (TPSA) is 55.8 Å². The van der Waals surface area contributed by atoms with Crippen molar-refractivity contribution >= 4 is 29.0 Å². The van der Waals surface area contributed by atoms with Crippen LogP contribution >= 0.6 is 11.6 Å². The Labute approximate surface area is 126 Å². The van der Waals surface area contributed by atoms with Gasteiger partial charge in [0.25, 0.3) is 11.7 Å². The van der Waals surface area contributed by atoms with E-state index in [2.05, 4.69) is 0 Å². The molecule has 1 heterocycles. The summed E-state index contributed by atoms with van der Waals surface area (Å²) in [5.41, 5.74) is -0.213. The van der Waals surface area contributed by atoms with Gasteiger partial charge in [-0.25, -0.2) is 4.39 Å². The van der Waals surface area contributed by atoms with E-state index in [9.17, 15) is 14.0 Å². The van der Waals surface area contributed by atoms with E-state index in [1.165, 1.54) is 6.07 Å². The number of carbonyl (C=O) groups excluding carboxylic acids is 2. The van der Waals surface area contributed by atoms with Crippen LogP contribution in [-0.2, 0) is 14.3 Å². The van der Waals surface area contributed by atoms with Gasteiger partial charge in [-0.1, -0.05) is 11.6 Å². The second-order valence-electron chi connectivity index (χ2n) is 4.34. The predicted molar refractivity (Wildman–Crippen MR) is 75.1 cm³/mol. The highest BCUT2D eigenvalue weighted by molar-refractivity contribution is 6.55. The summed E-state index contributed by atoms with van der Waals surface area (Å²) < 4.78 is 24.7. The summed E-state index contributed by atoms with van der Waals surface area (Å²) in [6.45, 7) is 4.20. The van der Waals surface area contributed by atoms with Crippen molar-refractivity contribution in [1.82, 2.24) is 0 Å². The van der Waals surface area contributed by atoms with Gasteiger partial charge in [0.05, 0.1) is 22.8 Å². The number of ketones is 1. The summed E-state index contributed by atoms with van der Waals surface area (Å²) in [6.07, 6.45) is -0.735. The molecule has 21 heavy (non-hydrogen) atoms. The largest absolute Gasteiger partial charge is 0.351 e. The molecule has 114 valence electrons. The number of rotatable bonds is 6. The maximum atomic E-state index is 14.0. The summed E-state index contributed by atoms with van der Waals surface area (Å²) in [5, 5.41) is 0.0524. The van der Waals surface area contributed by atoms with Crippen LogP contribution in [0, 0.1) is 5.82 Å². The molecule has 1 aliphatic rings. The summed E-state index contributed by atoms with van der Waals surface area (Å²) in [5.74, 6) is -2.33. The lowest BCUT2D eigenvalue weighted by molar-refractivity contribution is -0.134. The van der Waals surface area contributed by atoms with Gasteiger partial charge in [-0.2, -0.15) is 0 Å². The normalized spacial score (nSPS) is 14.2. The molecule has 0 aliphatic carbocycles. The number of amides is 1. The van der Waals surface area contributed by atoms with E-state index in [-0.39, 0.29) is 22.8 Å². The first kappa shape index (κ1) is 15.9. The van der Waals surface area contributed by atoms with Crippen molar-refractivity contribution in [2.75, 3.05) is 24.7 Å². The van der Waals surface area contributed by atoms with Crippen LogP contribution in [0.25, 0.3) is 0 Å². The van der Waals surface area contributed by atoms with Crippen LogP contribution in [0.1, 0.15) is 24.2 Å². The lowest BCUT2D eigenvalue weighted by Gasteiger charge is -2.23. The van der Waals surface area contributed by atoms with Gasteiger partial charge < -0.3 is 9.47 Å². The Hall–Kier alpha value is -1.50. The van der Waals surface area contributed by atoms with Crippen molar-refractivity contribution < 1.29 is 23.5 Å². The second kappa shape index (κ2) is 6.51. The van der Waals surface area contributed by atoms with Crippen molar-refractivity contribution in [2.24, 2.45) is 0 Å². The van der Waals surface area contributed by atoms with E-state index in [4.69, 9.17) is 21.1 Å². The van der Waals surface area contributed by atoms with Crippen LogP contribution in [0.15, 0.2) is 12.1 Å². The van der Waals surface area contributed by atoms with E-state index in [1.807, 2.05) is 0 Å². The Morgan fingerprint density at radius 1 is 1.24 bits per heavy atom. The number of nitrogens with zero attached hydrogens (tertiary/aromatic N) is 1. The molecule has 1 amide bonds. The Bertz CT molecular complexity index is 572. The Balaban J connectivity index is 2.36. The maximum absolute atomic E-state index is 14.0. The van der Waals surface area contributed by atoms with Crippen LogP contribution in [0.2, 0.25) is 5.02 Å². The molecular formula is C14H15ClFNO4. The molecule has 0 radical (unpaired) electrons. The van der Waals surface area contributed by atoms with Gasteiger partial charge >= 0.3 is 0 Å². The minimum absolute atomic E-state index is 0.0524. The third-order valence-electron chi connectivity index (χ3n) is 3.05. The Kier molecular flexibility index (Phi) is 4.92. The number of halogens is 2. The summed E-state index contributed by atoms with van der Waals surface area (Å²) in [4.78, 5) is 25.0. The van der Waals surface area contributed by atoms with Gasteiger partial charge in [0.2, 0.25) is 0 Å². The smallest absolute Gasteiger partial charge is 0.299 e. The van der Waals surface area contributed by atoms with Gasteiger partial charge in [0.15, 0.2) is 6.29 Å². The number of benzene rings is 1. The number of fused-ring (bicyclic) bond motifs is 1. The zero-order valence-corrected chi connectivity index (χ0v) is 12.4. The molecule has 1 aromatic carbocycles. The van der Waals surface area contributed by atoms with E-state index in [0.29, 0.717) is 13.2 Å². The molecule has 0 saturated heterocycles. The second-order valence-corrected chi connectivity index (χ2v) is 4.75. The Morgan fingerprint density at radius 3 is 2.43 bits per heavy atom. The predicted octanol–water partition coefficient (Wildman–Crippen LogP) is 2.41. The van der Waals surface area contributed by atoms with E-state index in [0.717, 1.165) is 11.0 Å². The third kappa shape index (κ3) is 2.92. The molecule has 0 aromatic heterocycles. The molecule has 5 nitrogen and oxygen atoms in total. The zero-order valence-electron chi connectivity index (χ0n) is 11.7. The van der Waals surface area contributed by atoms with Gasteiger partial charge in [0.1, 0.15) is 5.82 Å². The molecule has 0 atom stereocenters. The fourth-order valence-electron chi connectivity index (χ4n) is 2.20. The van der Waals surface area contributed by atoms with Gasteiger partial charge in [-0.3, -0.25) is 14.5 Å². The van der Waals surface area contributed by atoms with Crippen molar-refractivity contribution in [1.29, 1.82) is 0 Å². The number of hydrogen-bond donors (Lipinski definition) is 0. The fourth-order valence-corrected chi connectivity index (χ4v) is 2.44. The molecule has 7 heteroatoms. The molecule has 0 spiro atoms. The van der Waals surface area contributed by atoms with Crippen LogP contribution in [0.3, 0.4) is 0 Å². The van der Waals surface area contributed by atoms with E-state index < -0.39 is 23.8 Å². The summed E-state index contributed by atoms with van der Waals surface area (Å²) >= 11 is 5.90. The highest BCUT2D eigenvalue weighted by Gasteiger charge is 2.41. The first-order chi connectivity index (χ1) is 10.0. The first-order valence-corrected chi connectivity index (χ1v) is 6.96. The minimum Gasteiger partial charge on any atom is -0.351 e. The number of ether oxygens (including phenoxy) is 2. The van der Waals surface area contributed by atoms with Gasteiger partial charge in [0, 0.05) is 13.2 Å². The highest BCUT2D eigenvalue weighted by atomic mass is 35.5.